The molecular weight excluding hydrogens is 288 g/mol. The molecule has 1 atom stereocenters. The van der Waals surface area contributed by atoms with Gasteiger partial charge in [0.15, 0.2) is 0 Å². The lowest BCUT2D eigenvalue weighted by Gasteiger charge is -2.05. The van der Waals surface area contributed by atoms with Crippen LogP contribution in [-0.4, -0.2) is 18.5 Å². The highest BCUT2D eigenvalue weighted by atomic mass is 79.9. The molecule has 1 amide bonds. The number of amides is 1. The summed E-state index contributed by atoms with van der Waals surface area (Å²) in [5, 5.41) is 4.61. The van der Waals surface area contributed by atoms with Crippen molar-refractivity contribution in [1.82, 2.24) is 5.32 Å². The zero-order valence-corrected chi connectivity index (χ0v) is 10.8. The topological polar surface area (TPSA) is 55.1 Å². The fraction of sp³-hybridized carbons (Fsp3) is 0.375. The summed E-state index contributed by atoms with van der Waals surface area (Å²) in [7, 11) is 0. The molecule has 1 rings (SSSR count). The van der Waals surface area contributed by atoms with E-state index in [1.54, 1.807) is 6.07 Å². The Morgan fingerprint density at radius 2 is 2.43 bits per heavy atom. The maximum Gasteiger partial charge on any atom is 0.261 e. The third-order valence-electron chi connectivity index (χ3n) is 1.38. The quantitative estimate of drug-likeness (QED) is 0.897. The minimum atomic E-state index is -0.0620. The lowest BCUT2D eigenvalue weighted by Crippen LogP contribution is -2.34. The molecule has 0 bridgehead atoms. The van der Waals surface area contributed by atoms with Crippen molar-refractivity contribution in [3.63, 3.8) is 0 Å². The van der Waals surface area contributed by atoms with Gasteiger partial charge in [-0.2, -0.15) is 0 Å². The Balaban J connectivity index is 0.00000169. The number of nitrogens with one attached hydrogen (secondary N) is 1. The predicted octanol–water partition coefficient (Wildman–Crippen LogP) is 2.01. The molecule has 80 valence electrons. The predicted molar refractivity (Wildman–Crippen MR) is 65.2 cm³/mol. The molecule has 0 spiro atoms. The highest BCUT2D eigenvalue weighted by Crippen LogP contribution is 2.19. The Bertz CT molecular complexity index is 303. The van der Waals surface area contributed by atoms with E-state index >= 15 is 0 Å². The third kappa shape index (κ3) is 4.41. The van der Waals surface area contributed by atoms with Crippen molar-refractivity contribution in [1.29, 1.82) is 0 Å². The molecule has 0 aliphatic heterocycles. The van der Waals surface area contributed by atoms with E-state index in [-0.39, 0.29) is 24.4 Å². The summed E-state index contributed by atoms with van der Waals surface area (Å²) in [6.45, 7) is 2.36. The van der Waals surface area contributed by atoms with Gasteiger partial charge in [-0.1, -0.05) is 0 Å². The van der Waals surface area contributed by atoms with Crippen LogP contribution in [0.1, 0.15) is 16.6 Å². The molecule has 0 radical (unpaired) electrons. The molecule has 14 heavy (non-hydrogen) atoms. The van der Waals surface area contributed by atoms with Gasteiger partial charge in [0.25, 0.3) is 5.91 Å². The van der Waals surface area contributed by atoms with Crippen LogP contribution < -0.4 is 11.1 Å². The van der Waals surface area contributed by atoms with Gasteiger partial charge in [0.1, 0.15) is 0 Å². The van der Waals surface area contributed by atoms with Gasteiger partial charge in [0, 0.05) is 22.4 Å². The second-order valence-electron chi connectivity index (χ2n) is 2.82. The van der Waals surface area contributed by atoms with Gasteiger partial charge in [-0.25, -0.2) is 0 Å². The normalized spacial score (nSPS) is 11.6. The Kier molecular flexibility index (Phi) is 6.35. The van der Waals surface area contributed by atoms with E-state index in [2.05, 4.69) is 21.2 Å². The van der Waals surface area contributed by atoms with E-state index in [0.717, 1.165) is 4.47 Å². The van der Waals surface area contributed by atoms with Gasteiger partial charge in [-0.15, -0.1) is 23.7 Å². The molecule has 0 aliphatic carbocycles. The van der Waals surface area contributed by atoms with Crippen molar-refractivity contribution in [3.05, 3.63) is 20.8 Å². The van der Waals surface area contributed by atoms with Crippen LogP contribution in [0.2, 0.25) is 0 Å². The summed E-state index contributed by atoms with van der Waals surface area (Å²) in [6, 6.07) is 1.79. The second-order valence-corrected chi connectivity index (χ2v) is 4.64. The molecule has 0 aliphatic rings. The summed E-state index contributed by atoms with van der Waals surface area (Å²) in [5.41, 5.74) is 5.50. The minimum absolute atomic E-state index is 0. The van der Waals surface area contributed by atoms with Crippen molar-refractivity contribution < 1.29 is 4.79 Å². The largest absolute Gasteiger partial charge is 0.350 e. The molecule has 1 unspecified atom stereocenters. The number of halogens is 2. The molecule has 1 aromatic heterocycles. The van der Waals surface area contributed by atoms with Gasteiger partial charge < -0.3 is 11.1 Å². The van der Waals surface area contributed by atoms with Gasteiger partial charge in [0.2, 0.25) is 0 Å². The fourth-order valence-electron chi connectivity index (χ4n) is 0.773. The summed E-state index contributed by atoms with van der Waals surface area (Å²) >= 11 is 4.70. The molecule has 1 heterocycles. The maximum atomic E-state index is 11.4. The third-order valence-corrected chi connectivity index (χ3v) is 3.07. The summed E-state index contributed by atoms with van der Waals surface area (Å²) in [5.74, 6) is -0.0620. The average Bonchev–Trinajstić information content (AvgIpc) is 2.47. The first-order chi connectivity index (χ1) is 6.09. The first-order valence-corrected chi connectivity index (χ1v) is 5.54. The molecule has 0 saturated heterocycles. The van der Waals surface area contributed by atoms with Crippen LogP contribution in [0.25, 0.3) is 0 Å². The van der Waals surface area contributed by atoms with E-state index < -0.39 is 0 Å². The smallest absolute Gasteiger partial charge is 0.261 e. The molecule has 0 fully saturated rings. The minimum Gasteiger partial charge on any atom is -0.350 e. The Morgan fingerprint density at radius 3 is 2.86 bits per heavy atom. The molecule has 3 N–H and O–H groups in total. The number of hydrogen-bond donors (Lipinski definition) is 2. The van der Waals surface area contributed by atoms with Crippen LogP contribution in [-0.2, 0) is 0 Å². The van der Waals surface area contributed by atoms with Crippen molar-refractivity contribution >= 4 is 45.6 Å². The highest BCUT2D eigenvalue weighted by Gasteiger charge is 2.07. The van der Waals surface area contributed by atoms with Crippen LogP contribution in [0.3, 0.4) is 0 Å². The van der Waals surface area contributed by atoms with Crippen LogP contribution in [0.4, 0.5) is 0 Å². The Hall–Kier alpha value is -0.100. The van der Waals surface area contributed by atoms with Gasteiger partial charge in [-0.05, 0) is 28.9 Å². The number of nitrogens with two attached hydrogens (primary N) is 1. The van der Waals surface area contributed by atoms with Crippen LogP contribution in [0.15, 0.2) is 15.9 Å². The Morgan fingerprint density at radius 1 is 1.79 bits per heavy atom. The number of rotatable bonds is 3. The number of hydrogen-bond acceptors (Lipinski definition) is 3. The van der Waals surface area contributed by atoms with E-state index in [9.17, 15) is 4.79 Å². The standard InChI is InChI=1S/C8H11BrN2OS.ClH/c1-5(10)3-11-8(12)7-2-6(9)4-13-7;/h2,4-5H,3,10H2,1H3,(H,11,12);1H. The van der Waals surface area contributed by atoms with E-state index in [0.29, 0.717) is 11.4 Å². The molecule has 1 aromatic rings. The van der Waals surface area contributed by atoms with Crippen LogP contribution in [0.5, 0.6) is 0 Å². The maximum absolute atomic E-state index is 11.4. The lowest BCUT2D eigenvalue weighted by atomic mass is 10.3. The summed E-state index contributed by atoms with van der Waals surface area (Å²) in [6.07, 6.45) is 0. The zero-order chi connectivity index (χ0) is 9.84. The zero-order valence-electron chi connectivity index (χ0n) is 7.62. The average molecular weight is 300 g/mol. The van der Waals surface area contributed by atoms with Crippen LogP contribution >= 0.6 is 39.7 Å². The summed E-state index contributed by atoms with van der Waals surface area (Å²) < 4.78 is 0.934. The lowest BCUT2D eigenvalue weighted by molar-refractivity contribution is 0.0956. The van der Waals surface area contributed by atoms with Crippen molar-refractivity contribution in [3.8, 4) is 0 Å². The first-order valence-electron chi connectivity index (χ1n) is 3.87. The monoisotopic (exact) mass is 298 g/mol. The summed E-state index contributed by atoms with van der Waals surface area (Å²) in [4.78, 5) is 12.1. The number of thiophene rings is 1. The van der Waals surface area contributed by atoms with E-state index in [4.69, 9.17) is 5.73 Å². The number of carbonyl (C=O) groups is 1. The second kappa shape index (κ2) is 6.40. The van der Waals surface area contributed by atoms with Crippen molar-refractivity contribution in [2.75, 3.05) is 6.54 Å². The Labute approximate surface area is 102 Å². The van der Waals surface area contributed by atoms with Gasteiger partial charge >= 0.3 is 0 Å². The molecule has 6 heteroatoms. The SMILES string of the molecule is CC(N)CNC(=O)c1cc(Br)cs1.Cl. The number of carbonyl (C=O) groups excluding carboxylic acids is 1. The first kappa shape index (κ1) is 13.9. The highest BCUT2D eigenvalue weighted by molar-refractivity contribution is 9.10. The van der Waals surface area contributed by atoms with Crippen LogP contribution in [0, 0.1) is 0 Å². The van der Waals surface area contributed by atoms with Crippen molar-refractivity contribution in [2.24, 2.45) is 5.73 Å². The molecule has 0 aromatic carbocycles. The van der Waals surface area contributed by atoms with Gasteiger partial charge in [0.05, 0.1) is 4.88 Å². The molecular formula is C8H12BrClN2OS. The molecule has 3 nitrogen and oxygen atoms in total. The van der Waals surface area contributed by atoms with E-state index in [1.165, 1.54) is 11.3 Å². The fourth-order valence-corrected chi connectivity index (χ4v) is 2.12. The van der Waals surface area contributed by atoms with Gasteiger partial charge in [-0.3, -0.25) is 4.79 Å². The molecule has 0 saturated carbocycles. The van der Waals surface area contributed by atoms with Crippen molar-refractivity contribution in [2.45, 2.75) is 13.0 Å². The van der Waals surface area contributed by atoms with E-state index in [1.807, 2.05) is 12.3 Å².